The van der Waals surface area contributed by atoms with Crippen LogP contribution in [0, 0.1) is 0 Å². The van der Waals surface area contributed by atoms with E-state index in [2.05, 4.69) is 0 Å². The fourth-order valence-corrected chi connectivity index (χ4v) is 2.41. The van der Waals surface area contributed by atoms with Crippen molar-refractivity contribution in [1.29, 1.82) is 0 Å². The summed E-state index contributed by atoms with van der Waals surface area (Å²) in [6.07, 6.45) is 0.0692. The van der Waals surface area contributed by atoms with Gasteiger partial charge in [0.1, 0.15) is 17.2 Å². The monoisotopic (exact) mass is 335 g/mol. The Bertz CT molecular complexity index is 785. The van der Waals surface area contributed by atoms with Gasteiger partial charge in [0.2, 0.25) is 0 Å². The number of hydrogen-bond donors (Lipinski definition) is 2. The number of carbonyl (C=O) groups is 1. The Morgan fingerprint density at radius 3 is 2.12 bits per heavy atom. The van der Waals surface area contributed by atoms with Crippen LogP contribution in [-0.4, -0.2) is 28.3 Å². The summed E-state index contributed by atoms with van der Waals surface area (Å²) in [5.41, 5.74) is 5.09. The maximum Gasteiger partial charge on any atom is 0.320 e. The molecule has 0 heterocycles. The van der Waals surface area contributed by atoms with Gasteiger partial charge in [0.05, 0.1) is 5.39 Å². The molecule has 2 aromatic rings. The van der Waals surface area contributed by atoms with E-state index in [9.17, 15) is 9.59 Å². The third-order valence-corrected chi connectivity index (χ3v) is 3.30. The molecule has 24 heavy (non-hydrogen) atoms. The van der Waals surface area contributed by atoms with E-state index in [1.165, 1.54) is 0 Å². The molecular formula is C18H25NO5. The van der Waals surface area contributed by atoms with E-state index in [4.69, 9.17) is 20.3 Å². The average molecular weight is 335 g/mol. The topological polar surface area (TPSA) is 98.9 Å². The fourth-order valence-electron chi connectivity index (χ4n) is 2.41. The molecule has 0 aliphatic carbocycles. The highest BCUT2D eigenvalue weighted by molar-refractivity contribution is 6.06. The van der Waals surface area contributed by atoms with E-state index in [0.717, 1.165) is 0 Å². The summed E-state index contributed by atoms with van der Waals surface area (Å²) in [5.74, 6) is -0.246. The van der Waals surface area contributed by atoms with E-state index >= 15 is 0 Å². The predicted molar refractivity (Wildman–Crippen MR) is 92.7 cm³/mol. The minimum atomic E-state index is -1.11. The molecule has 0 aliphatic rings. The van der Waals surface area contributed by atoms with Crippen LogP contribution >= 0.6 is 0 Å². The fraction of sp³-hybridized carbons (Fsp3) is 0.556. The van der Waals surface area contributed by atoms with Gasteiger partial charge in [-0.25, -0.2) is 0 Å². The van der Waals surface area contributed by atoms with E-state index in [1.807, 2.05) is 41.5 Å². The zero-order valence-corrected chi connectivity index (χ0v) is 15.0. The Hall–Kier alpha value is -2.08. The van der Waals surface area contributed by atoms with Gasteiger partial charge in [0.25, 0.3) is 0 Å². The summed E-state index contributed by atoms with van der Waals surface area (Å²) in [4.78, 5) is 23.2. The van der Waals surface area contributed by atoms with E-state index in [0.29, 0.717) is 27.8 Å². The minimum absolute atomic E-state index is 0.0692. The number of rotatable bonds is 5. The van der Waals surface area contributed by atoms with Gasteiger partial charge in [-0.1, -0.05) is 0 Å². The van der Waals surface area contributed by atoms with Crippen molar-refractivity contribution < 1.29 is 19.4 Å². The molecular weight excluding hydrogens is 310 g/mol. The van der Waals surface area contributed by atoms with Gasteiger partial charge in [0, 0.05) is 5.39 Å². The van der Waals surface area contributed by atoms with Crippen LogP contribution in [0.3, 0.4) is 0 Å². The molecule has 1 unspecified atom stereocenters. The molecule has 0 aromatic heterocycles. The SMILES string of the molecule is CC(C)(C)Oc1cc(CC(N)C(=O)O)c2c(=O)c2c1OC(C)(C)C. The smallest absolute Gasteiger partial charge is 0.320 e. The number of nitrogens with two attached hydrogens (primary N) is 1. The molecule has 2 aromatic carbocycles. The molecule has 0 fully saturated rings. The van der Waals surface area contributed by atoms with E-state index in [1.54, 1.807) is 6.07 Å². The summed E-state index contributed by atoms with van der Waals surface area (Å²) in [6, 6.07) is 0.609. The van der Waals surface area contributed by atoms with Crippen LogP contribution in [0.15, 0.2) is 10.9 Å². The maximum atomic E-state index is 12.2. The standard InChI is InChI=1S/C18H25NO5/c1-17(2,3)23-11-8-9(7-10(19)16(21)22)12-13(14(12)20)15(11)24-18(4,5)6/h8,10H,7,19H2,1-6H3,(H,21,22). The highest BCUT2D eigenvalue weighted by Crippen LogP contribution is 2.43. The molecule has 0 bridgehead atoms. The number of benzene rings is 1. The molecule has 2 rings (SSSR count). The average Bonchev–Trinajstić information content (AvgIpc) is 3.02. The number of hydrogen-bond acceptors (Lipinski definition) is 5. The van der Waals surface area contributed by atoms with Gasteiger partial charge < -0.3 is 20.3 Å². The lowest BCUT2D eigenvalue weighted by molar-refractivity contribution is -0.138. The summed E-state index contributed by atoms with van der Waals surface area (Å²) >= 11 is 0. The zero-order valence-electron chi connectivity index (χ0n) is 15.0. The lowest BCUT2D eigenvalue weighted by atomic mass is 10.1. The molecule has 0 amide bonds. The first kappa shape index (κ1) is 18.3. The second-order valence-electron chi connectivity index (χ2n) is 8.02. The third-order valence-electron chi connectivity index (χ3n) is 3.30. The molecule has 0 spiro atoms. The highest BCUT2D eigenvalue weighted by atomic mass is 16.5. The normalized spacial score (nSPS) is 14.1. The Morgan fingerprint density at radius 1 is 1.12 bits per heavy atom. The summed E-state index contributed by atoms with van der Waals surface area (Å²) < 4.78 is 11.9. The van der Waals surface area contributed by atoms with Gasteiger partial charge in [-0.3, -0.25) is 9.59 Å². The number of fused-ring (bicyclic) bond motifs is 1. The Morgan fingerprint density at radius 2 is 1.67 bits per heavy atom. The lowest BCUT2D eigenvalue weighted by Gasteiger charge is -2.27. The molecule has 0 aliphatic heterocycles. The number of ether oxygens (including phenoxy) is 2. The van der Waals surface area contributed by atoms with Gasteiger partial charge >= 0.3 is 5.97 Å². The van der Waals surface area contributed by atoms with Gasteiger partial charge in [-0.15, -0.1) is 0 Å². The Labute approximate surface area is 141 Å². The first-order valence-corrected chi connectivity index (χ1v) is 7.91. The molecule has 0 radical (unpaired) electrons. The van der Waals surface area contributed by atoms with Crippen molar-refractivity contribution in [3.8, 4) is 11.5 Å². The molecule has 3 N–H and O–H groups in total. The molecule has 6 heteroatoms. The second-order valence-corrected chi connectivity index (χ2v) is 8.02. The van der Waals surface area contributed by atoms with Crippen LogP contribution in [0.1, 0.15) is 47.1 Å². The van der Waals surface area contributed by atoms with E-state index in [-0.39, 0.29) is 11.8 Å². The van der Waals surface area contributed by atoms with Crippen LogP contribution in [0.5, 0.6) is 11.5 Å². The molecule has 0 saturated heterocycles. The number of carboxylic acid groups (broad SMARTS) is 1. The first-order chi connectivity index (χ1) is 10.8. The minimum Gasteiger partial charge on any atom is -0.484 e. The van der Waals surface area contributed by atoms with Crippen molar-refractivity contribution in [3.05, 3.63) is 21.9 Å². The van der Waals surface area contributed by atoms with Crippen molar-refractivity contribution in [3.63, 3.8) is 0 Å². The van der Waals surface area contributed by atoms with Gasteiger partial charge in [-0.2, -0.15) is 0 Å². The Balaban J connectivity index is 2.53. The predicted octanol–water partition coefficient (Wildman–Crippen LogP) is 2.38. The van der Waals surface area contributed by atoms with Crippen LogP contribution in [-0.2, 0) is 11.2 Å². The highest BCUT2D eigenvalue weighted by Gasteiger charge is 2.31. The van der Waals surface area contributed by atoms with Crippen molar-refractivity contribution in [2.75, 3.05) is 0 Å². The molecule has 1 atom stereocenters. The largest absolute Gasteiger partial charge is 0.484 e. The van der Waals surface area contributed by atoms with Crippen LogP contribution in [0.25, 0.3) is 10.8 Å². The first-order valence-electron chi connectivity index (χ1n) is 7.91. The Kier molecular flexibility index (Phi) is 4.39. The molecule has 6 nitrogen and oxygen atoms in total. The van der Waals surface area contributed by atoms with Crippen LogP contribution in [0.2, 0.25) is 0 Å². The lowest BCUT2D eigenvalue weighted by Crippen LogP contribution is -2.32. The summed E-state index contributed by atoms with van der Waals surface area (Å²) in [6.45, 7) is 11.3. The number of aliphatic carboxylic acids is 1. The van der Waals surface area contributed by atoms with Crippen LogP contribution in [0.4, 0.5) is 0 Å². The van der Waals surface area contributed by atoms with Crippen molar-refractivity contribution in [2.24, 2.45) is 5.73 Å². The van der Waals surface area contributed by atoms with Crippen molar-refractivity contribution in [2.45, 2.75) is 65.2 Å². The third kappa shape index (κ3) is 4.06. The summed E-state index contributed by atoms with van der Waals surface area (Å²) in [5, 5.41) is 9.99. The van der Waals surface area contributed by atoms with Crippen molar-refractivity contribution >= 4 is 16.7 Å². The van der Waals surface area contributed by atoms with Crippen molar-refractivity contribution in [1.82, 2.24) is 0 Å². The molecule has 0 saturated carbocycles. The van der Waals surface area contributed by atoms with E-state index < -0.39 is 23.2 Å². The van der Waals surface area contributed by atoms with Gasteiger partial charge in [-0.05, 0) is 59.6 Å². The van der Waals surface area contributed by atoms with Crippen LogP contribution < -0.4 is 20.6 Å². The second kappa shape index (κ2) is 5.77. The number of carboxylic acids is 1. The quantitative estimate of drug-likeness (QED) is 0.870. The summed E-state index contributed by atoms with van der Waals surface area (Å²) in [7, 11) is 0. The maximum absolute atomic E-state index is 12.2. The zero-order chi connectivity index (χ0) is 18.4. The molecule has 132 valence electrons. The van der Waals surface area contributed by atoms with Gasteiger partial charge in [0.15, 0.2) is 16.9 Å².